The van der Waals surface area contributed by atoms with Crippen LogP contribution in [-0.2, 0) is 4.79 Å². The van der Waals surface area contributed by atoms with Gasteiger partial charge < -0.3 is 19.4 Å². The second-order valence-corrected chi connectivity index (χ2v) is 4.15. The van der Waals surface area contributed by atoms with Gasteiger partial charge in [0.15, 0.2) is 23.9 Å². The normalized spacial score (nSPS) is 9.87. The molecule has 6 nitrogen and oxygen atoms in total. The van der Waals surface area contributed by atoms with Crippen molar-refractivity contribution in [1.29, 1.82) is 5.26 Å². The number of pyridine rings is 1. The number of nitrogens with one attached hydrogen (secondary N) is 1. The first kappa shape index (κ1) is 17.7. The van der Waals surface area contributed by atoms with Gasteiger partial charge in [0.1, 0.15) is 6.07 Å². The zero-order valence-corrected chi connectivity index (χ0v) is 12.8. The highest BCUT2D eigenvalue weighted by molar-refractivity contribution is 5.95. The van der Waals surface area contributed by atoms with Crippen LogP contribution in [0, 0.1) is 11.3 Å². The molecular weight excluding hydrogens is 296 g/mol. The molecule has 1 aromatic carbocycles. The average molecular weight is 312 g/mol. The number of aromatic amines is 1. The first-order valence-corrected chi connectivity index (χ1v) is 6.58. The number of nitriles is 1. The summed E-state index contributed by atoms with van der Waals surface area (Å²) in [5.41, 5.74) is 0.0700. The summed E-state index contributed by atoms with van der Waals surface area (Å²) < 4.78 is 10.1. The molecule has 0 atom stereocenters. The van der Waals surface area contributed by atoms with E-state index in [0.29, 0.717) is 17.1 Å². The van der Waals surface area contributed by atoms with Crippen LogP contribution in [0.15, 0.2) is 54.4 Å². The van der Waals surface area contributed by atoms with Crippen molar-refractivity contribution in [2.45, 2.75) is 0 Å². The number of carbonyl (C=O) groups is 1. The fraction of sp³-hybridized carbons (Fsp3) is 0.118. The van der Waals surface area contributed by atoms with Gasteiger partial charge in [-0.2, -0.15) is 5.26 Å². The highest BCUT2D eigenvalue weighted by atomic mass is 16.5. The Morgan fingerprint density at radius 2 is 1.83 bits per heavy atom. The molecule has 0 fully saturated rings. The molecule has 0 amide bonds. The number of ether oxygens (including phenoxy) is 2. The van der Waals surface area contributed by atoms with Crippen molar-refractivity contribution in [1.82, 2.24) is 0 Å². The lowest BCUT2D eigenvalue weighted by molar-refractivity contribution is -0.377. The van der Waals surface area contributed by atoms with Gasteiger partial charge in [-0.05, 0) is 23.8 Å². The van der Waals surface area contributed by atoms with Crippen molar-refractivity contribution in [3.05, 3.63) is 59.9 Å². The lowest BCUT2D eigenvalue weighted by Gasteiger charge is -2.08. The standard InChI is InChI=1S/C12H11NO4.C5H5N/c1-16-10-4-3-8(6-11(10)17-2)5-9(7-13)12(14)15;1-2-4-6-5-3-1/h3-6H,1-2H3,(H,14,15);1-5H/b9-5+;. The van der Waals surface area contributed by atoms with E-state index in [0.717, 1.165) is 0 Å². The van der Waals surface area contributed by atoms with Crippen molar-refractivity contribution >= 4 is 12.0 Å². The number of rotatable bonds is 4. The number of carboxylic acid groups (broad SMARTS) is 1. The van der Waals surface area contributed by atoms with Crippen LogP contribution in [0.25, 0.3) is 6.08 Å². The topological polar surface area (TPSA) is 96.5 Å². The second kappa shape index (κ2) is 9.58. The quantitative estimate of drug-likeness (QED) is 0.616. The molecule has 0 aliphatic rings. The molecule has 0 aliphatic carbocycles. The molecule has 23 heavy (non-hydrogen) atoms. The van der Waals surface area contributed by atoms with E-state index in [1.165, 1.54) is 20.3 Å². The summed E-state index contributed by atoms with van der Waals surface area (Å²) in [4.78, 5) is 13.4. The molecule has 0 radical (unpaired) electrons. The van der Waals surface area contributed by atoms with E-state index < -0.39 is 11.5 Å². The zero-order chi connectivity index (χ0) is 17.1. The zero-order valence-electron chi connectivity index (χ0n) is 12.8. The summed E-state index contributed by atoms with van der Waals surface area (Å²) in [6, 6.07) is 12.2. The summed E-state index contributed by atoms with van der Waals surface area (Å²) in [6.45, 7) is 0. The van der Waals surface area contributed by atoms with Gasteiger partial charge in [0.2, 0.25) is 0 Å². The van der Waals surface area contributed by atoms with Gasteiger partial charge in [-0.15, -0.1) is 0 Å². The van der Waals surface area contributed by atoms with Crippen molar-refractivity contribution in [2.24, 2.45) is 0 Å². The van der Waals surface area contributed by atoms with Crippen LogP contribution in [0.1, 0.15) is 5.56 Å². The number of hydrogen-bond acceptors (Lipinski definition) is 5. The molecule has 0 bridgehead atoms. The number of H-pyrrole nitrogens is 1. The highest BCUT2D eigenvalue weighted by Crippen LogP contribution is 2.28. The first-order chi connectivity index (χ1) is 11.1. The number of methoxy groups -OCH3 is 2. The Morgan fingerprint density at radius 3 is 2.22 bits per heavy atom. The summed E-state index contributed by atoms with van der Waals surface area (Å²) in [5, 5.41) is 19.1. The van der Waals surface area contributed by atoms with Crippen LogP contribution in [0.5, 0.6) is 11.5 Å². The fourth-order valence-corrected chi connectivity index (χ4v) is 1.59. The molecule has 1 aromatic heterocycles. The summed E-state index contributed by atoms with van der Waals surface area (Å²) in [6.07, 6.45) is 4.96. The number of nitrogens with zero attached hydrogens (tertiary/aromatic N) is 1. The molecule has 1 N–H and O–H groups in total. The summed E-state index contributed by atoms with van der Waals surface area (Å²) in [7, 11) is 2.96. The lowest BCUT2D eigenvalue weighted by Crippen LogP contribution is -2.23. The lowest BCUT2D eigenvalue weighted by atomic mass is 10.1. The smallest absolute Gasteiger partial charge is 0.166 e. The predicted octanol–water partition coefficient (Wildman–Crippen LogP) is 0.861. The first-order valence-electron chi connectivity index (χ1n) is 6.58. The number of aromatic nitrogens is 1. The minimum Gasteiger partial charge on any atom is -0.544 e. The maximum absolute atomic E-state index is 10.6. The van der Waals surface area contributed by atoms with Gasteiger partial charge in [0, 0.05) is 12.1 Å². The third kappa shape index (κ3) is 5.89. The maximum Gasteiger partial charge on any atom is 0.166 e. The number of carboxylic acids is 1. The van der Waals surface area contributed by atoms with Gasteiger partial charge in [-0.25, -0.2) is 4.98 Å². The Hall–Kier alpha value is -3.33. The van der Waals surface area contributed by atoms with Crippen LogP contribution in [-0.4, -0.2) is 20.2 Å². The minimum absolute atomic E-state index is 0.447. The minimum atomic E-state index is -1.51. The number of carbonyl (C=O) groups excluding carboxylic acids is 1. The van der Waals surface area contributed by atoms with Crippen LogP contribution in [0.4, 0.5) is 0 Å². The Bertz CT molecular complexity index is 680. The van der Waals surface area contributed by atoms with Gasteiger partial charge in [-0.3, -0.25) is 0 Å². The molecule has 6 heteroatoms. The van der Waals surface area contributed by atoms with Gasteiger partial charge in [-0.1, -0.05) is 12.1 Å². The molecule has 0 aliphatic heterocycles. The van der Waals surface area contributed by atoms with E-state index in [1.807, 2.05) is 30.6 Å². The summed E-state index contributed by atoms with van der Waals surface area (Å²) in [5.74, 6) is -0.532. The second-order valence-electron chi connectivity index (χ2n) is 4.15. The third-order valence-corrected chi connectivity index (χ3v) is 2.67. The maximum atomic E-state index is 10.6. The SMILES string of the molecule is COc1ccc(/C=C(\C#N)C(=O)[O-])cc1OC.c1cc[nH+]cc1. The van der Waals surface area contributed by atoms with Crippen molar-refractivity contribution in [3.8, 4) is 17.6 Å². The molecule has 1 heterocycles. The Morgan fingerprint density at radius 1 is 1.17 bits per heavy atom. The van der Waals surface area contributed by atoms with E-state index in [1.54, 1.807) is 24.3 Å². The average Bonchev–Trinajstić information content (AvgIpc) is 2.61. The number of benzene rings is 1. The van der Waals surface area contributed by atoms with Crippen LogP contribution < -0.4 is 19.6 Å². The van der Waals surface area contributed by atoms with E-state index >= 15 is 0 Å². The van der Waals surface area contributed by atoms with Crippen molar-refractivity contribution in [3.63, 3.8) is 0 Å². The van der Waals surface area contributed by atoms with E-state index in [-0.39, 0.29) is 0 Å². The molecule has 0 spiro atoms. The molecule has 118 valence electrons. The Labute approximate surface area is 134 Å². The van der Waals surface area contributed by atoms with Gasteiger partial charge in [0.05, 0.1) is 25.8 Å². The highest BCUT2D eigenvalue weighted by Gasteiger charge is 2.04. The van der Waals surface area contributed by atoms with Crippen molar-refractivity contribution in [2.75, 3.05) is 14.2 Å². The predicted molar refractivity (Wildman–Crippen MR) is 81.1 cm³/mol. The third-order valence-electron chi connectivity index (χ3n) is 2.67. The van der Waals surface area contributed by atoms with Gasteiger partial charge >= 0.3 is 0 Å². The van der Waals surface area contributed by atoms with E-state index in [9.17, 15) is 9.90 Å². The summed E-state index contributed by atoms with van der Waals surface area (Å²) >= 11 is 0. The molecule has 0 unspecified atom stereocenters. The van der Waals surface area contributed by atoms with E-state index in [2.05, 4.69) is 4.98 Å². The molecule has 0 saturated heterocycles. The van der Waals surface area contributed by atoms with Crippen molar-refractivity contribution < 1.29 is 24.4 Å². The van der Waals surface area contributed by atoms with Crippen LogP contribution >= 0.6 is 0 Å². The van der Waals surface area contributed by atoms with Gasteiger partial charge in [0.25, 0.3) is 0 Å². The Balaban J connectivity index is 0.000000366. The largest absolute Gasteiger partial charge is 0.544 e. The number of hydrogen-bond donors (Lipinski definition) is 0. The monoisotopic (exact) mass is 312 g/mol. The van der Waals surface area contributed by atoms with Crippen LogP contribution in [0.3, 0.4) is 0 Å². The van der Waals surface area contributed by atoms with E-state index in [4.69, 9.17) is 14.7 Å². The van der Waals surface area contributed by atoms with Crippen LogP contribution in [0.2, 0.25) is 0 Å². The fourth-order valence-electron chi connectivity index (χ4n) is 1.59. The molecule has 2 rings (SSSR count). The molecule has 2 aromatic rings. The molecular formula is C17H16N2O4. The number of aliphatic carboxylic acids is 1. The molecule has 0 saturated carbocycles. The Kier molecular flexibility index (Phi) is 7.38.